The number of hydrogen-bond acceptors (Lipinski definition) is 6. The summed E-state index contributed by atoms with van der Waals surface area (Å²) in [6.07, 6.45) is 4.90. The van der Waals surface area contributed by atoms with E-state index < -0.39 is 5.92 Å². The number of nitrogens with one attached hydrogen (secondary N) is 1. The highest BCUT2D eigenvalue weighted by atomic mass is 15.3. The molecular formula is C21H20N6. The topological polar surface area (TPSA) is 77.2 Å². The van der Waals surface area contributed by atoms with Crippen LogP contribution in [0.25, 0.3) is 0 Å². The van der Waals surface area contributed by atoms with Crippen LogP contribution in [0, 0.1) is 11.3 Å². The van der Waals surface area contributed by atoms with Crippen LogP contribution in [0.2, 0.25) is 0 Å². The number of nitrogens with zero attached hydrogens (tertiary/aromatic N) is 5. The average Bonchev–Trinajstić information content (AvgIpc) is 2.70. The Balaban J connectivity index is 1.71. The normalized spacial score (nSPS) is 11.7. The van der Waals surface area contributed by atoms with Crippen molar-refractivity contribution in [2.24, 2.45) is 5.10 Å². The van der Waals surface area contributed by atoms with Crippen LogP contribution in [0.4, 0.5) is 11.5 Å². The third kappa shape index (κ3) is 4.67. The predicted octanol–water partition coefficient (Wildman–Crippen LogP) is 3.64. The van der Waals surface area contributed by atoms with E-state index in [4.69, 9.17) is 0 Å². The summed E-state index contributed by atoms with van der Waals surface area (Å²) < 4.78 is 0. The van der Waals surface area contributed by atoms with Crippen LogP contribution in [-0.4, -0.2) is 30.3 Å². The molecule has 0 saturated carbocycles. The van der Waals surface area contributed by atoms with Gasteiger partial charge in [0.1, 0.15) is 5.92 Å². The summed E-state index contributed by atoms with van der Waals surface area (Å²) in [4.78, 5) is 10.7. The molecule has 1 atom stereocenters. The maximum atomic E-state index is 9.54. The molecule has 0 aliphatic heterocycles. The molecule has 134 valence electrons. The highest BCUT2D eigenvalue weighted by Crippen LogP contribution is 2.22. The lowest BCUT2D eigenvalue weighted by Crippen LogP contribution is -2.08. The molecule has 1 unspecified atom stereocenters. The van der Waals surface area contributed by atoms with Crippen molar-refractivity contribution in [3.8, 4) is 6.07 Å². The summed E-state index contributed by atoms with van der Waals surface area (Å²) >= 11 is 0. The van der Waals surface area contributed by atoms with E-state index in [2.05, 4.69) is 26.6 Å². The van der Waals surface area contributed by atoms with E-state index in [1.807, 2.05) is 73.6 Å². The largest absolute Gasteiger partial charge is 0.378 e. The van der Waals surface area contributed by atoms with E-state index in [0.29, 0.717) is 11.5 Å². The quantitative estimate of drug-likeness (QED) is 0.539. The molecule has 27 heavy (non-hydrogen) atoms. The molecule has 1 heterocycles. The minimum absolute atomic E-state index is 0.469. The minimum Gasteiger partial charge on any atom is -0.378 e. The Morgan fingerprint density at radius 3 is 2.48 bits per heavy atom. The zero-order chi connectivity index (χ0) is 19.1. The Hall–Kier alpha value is -3.72. The number of benzene rings is 2. The molecule has 0 radical (unpaired) electrons. The number of anilines is 2. The zero-order valence-corrected chi connectivity index (χ0v) is 15.2. The van der Waals surface area contributed by atoms with Crippen molar-refractivity contribution in [2.45, 2.75) is 5.92 Å². The second-order valence-electron chi connectivity index (χ2n) is 6.16. The first-order chi connectivity index (χ1) is 13.2. The summed E-state index contributed by atoms with van der Waals surface area (Å²) in [6, 6.07) is 19.9. The van der Waals surface area contributed by atoms with Crippen LogP contribution in [0.3, 0.4) is 0 Å². The summed E-state index contributed by atoms with van der Waals surface area (Å²) in [5.74, 6) is 0.0212. The third-order valence-corrected chi connectivity index (χ3v) is 4.01. The predicted molar refractivity (Wildman–Crippen MR) is 108 cm³/mol. The van der Waals surface area contributed by atoms with Crippen molar-refractivity contribution in [1.82, 2.24) is 9.97 Å². The molecule has 2 aromatic carbocycles. The first kappa shape index (κ1) is 18.1. The highest BCUT2D eigenvalue weighted by molar-refractivity contribution is 5.80. The van der Waals surface area contributed by atoms with Gasteiger partial charge in [-0.1, -0.05) is 42.5 Å². The molecule has 0 amide bonds. The van der Waals surface area contributed by atoms with Gasteiger partial charge in [-0.15, -0.1) is 0 Å². The van der Waals surface area contributed by atoms with E-state index in [1.54, 1.807) is 18.6 Å². The first-order valence-electron chi connectivity index (χ1n) is 8.50. The van der Waals surface area contributed by atoms with E-state index in [0.717, 1.165) is 16.8 Å². The number of aromatic nitrogens is 2. The summed E-state index contributed by atoms with van der Waals surface area (Å²) in [6.45, 7) is 0. The maximum Gasteiger partial charge on any atom is 0.165 e. The summed E-state index contributed by atoms with van der Waals surface area (Å²) in [5.41, 5.74) is 6.44. The van der Waals surface area contributed by atoms with Crippen molar-refractivity contribution in [3.05, 3.63) is 83.8 Å². The molecule has 3 aromatic rings. The van der Waals surface area contributed by atoms with Gasteiger partial charge in [0.25, 0.3) is 0 Å². The minimum atomic E-state index is -0.469. The van der Waals surface area contributed by atoms with E-state index >= 15 is 0 Å². The monoisotopic (exact) mass is 356 g/mol. The first-order valence-corrected chi connectivity index (χ1v) is 8.50. The molecule has 0 bridgehead atoms. The van der Waals surface area contributed by atoms with Crippen molar-refractivity contribution in [1.29, 1.82) is 5.26 Å². The van der Waals surface area contributed by atoms with Gasteiger partial charge in [0.05, 0.1) is 30.4 Å². The molecular weight excluding hydrogens is 336 g/mol. The Labute approximate surface area is 158 Å². The molecule has 6 nitrogen and oxygen atoms in total. The standard InChI is InChI=1S/C21H20N6/c1-27(2)18-10-8-16(9-11-18)13-24-26-21-15-23-14-20(25-21)19(12-22)17-6-4-3-5-7-17/h3-11,13-15,19H,1-2H3,(H,25,26). The number of hydrogen-bond donors (Lipinski definition) is 1. The summed E-state index contributed by atoms with van der Waals surface area (Å²) in [5, 5.41) is 13.8. The molecule has 0 aliphatic rings. The molecule has 1 aromatic heterocycles. The third-order valence-electron chi connectivity index (χ3n) is 4.01. The van der Waals surface area contributed by atoms with Crippen LogP contribution in [-0.2, 0) is 0 Å². The lowest BCUT2D eigenvalue weighted by Gasteiger charge is -2.11. The molecule has 0 spiro atoms. The fraction of sp³-hybridized carbons (Fsp3) is 0.143. The van der Waals surface area contributed by atoms with E-state index in [-0.39, 0.29) is 0 Å². The van der Waals surface area contributed by atoms with Crippen LogP contribution < -0.4 is 10.3 Å². The van der Waals surface area contributed by atoms with Crippen LogP contribution in [0.5, 0.6) is 0 Å². The highest BCUT2D eigenvalue weighted by Gasteiger charge is 2.15. The molecule has 1 N–H and O–H groups in total. The van der Waals surface area contributed by atoms with Gasteiger partial charge in [0.15, 0.2) is 5.82 Å². The Bertz CT molecular complexity index is 942. The van der Waals surface area contributed by atoms with Crippen LogP contribution >= 0.6 is 0 Å². The van der Waals surface area contributed by atoms with Crippen LogP contribution in [0.15, 0.2) is 72.1 Å². The Kier molecular flexibility index (Phi) is 5.75. The summed E-state index contributed by atoms with van der Waals surface area (Å²) in [7, 11) is 4.00. The van der Waals surface area contributed by atoms with Gasteiger partial charge in [0.2, 0.25) is 0 Å². The molecule has 0 saturated heterocycles. The lowest BCUT2D eigenvalue weighted by atomic mass is 9.98. The molecule has 0 aliphatic carbocycles. The van der Waals surface area contributed by atoms with Crippen LogP contribution in [0.1, 0.15) is 22.7 Å². The number of nitriles is 1. The van der Waals surface area contributed by atoms with Gasteiger partial charge in [-0.2, -0.15) is 10.4 Å². The van der Waals surface area contributed by atoms with Gasteiger partial charge in [-0.05, 0) is 23.3 Å². The smallest absolute Gasteiger partial charge is 0.165 e. The SMILES string of the molecule is CN(C)c1ccc(C=NNc2cncc(C(C#N)c3ccccc3)n2)cc1. The van der Waals surface area contributed by atoms with Crippen molar-refractivity contribution < 1.29 is 0 Å². The lowest BCUT2D eigenvalue weighted by molar-refractivity contribution is 0.941. The molecule has 3 rings (SSSR count). The van der Waals surface area contributed by atoms with Gasteiger partial charge in [0, 0.05) is 19.8 Å². The molecule has 6 heteroatoms. The van der Waals surface area contributed by atoms with Gasteiger partial charge in [-0.3, -0.25) is 10.4 Å². The Morgan fingerprint density at radius 1 is 1.07 bits per heavy atom. The van der Waals surface area contributed by atoms with Gasteiger partial charge in [-0.25, -0.2) is 4.98 Å². The fourth-order valence-corrected chi connectivity index (χ4v) is 2.56. The maximum absolute atomic E-state index is 9.54. The number of rotatable bonds is 6. The average molecular weight is 356 g/mol. The van der Waals surface area contributed by atoms with Crippen molar-refractivity contribution in [3.63, 3.8) is 0 Å². The van der Waals surface area contributed by atoms with Crippen molar-refractivity contribution >= 4 is 17.7 Å². The second kappa shape index (κ2) is 8.59. The van der Waals surface area contributed by atoms with Gasteiger partial charge >= 0.3 is 0 Å². The van der Waals surface area contributed by atoms with E-state index in [9.17, 15) is 5.26 Å². The van der Waals surface area contributed by atoms with Gasteiger partial charge < -0.3 is 4.90 Å². The van der Waals surface area contributed by atoms with E-state index in [1.165, 1.54) is 0 Å². The zero-order valence-electron chi connectivity index (χ0n) is 15.2. The molecule has 0 fully saturated rings. The van der Waals surface area contributed by atoms with Crippen molar-refractivity contribution in [2.75, 3.05) is 24.4 Å². The number of hydrazone groups is 1. The second-order valence-corrected chi connectivity index (χ2v) is 6.16. The Morgan fingerprint density at radius 2 is 1.81 bits per heavy atom. The fourth-order valence-electron chi connectivity index (χ4n) is 2.56.